The number of sulfone groups is 1. The lowest BCUT2D eigenvalue weighted by Crippen LogP contribution is -2.07. The highest BCUT2D eigenvalue weighted by molar-refractivity contribution is 7.91. The van der Waals surface area contributed by atoms with Crippen LogP contribution in [-0.4, -0.2) is 18.6 Å². The second kappa shape index (κ2) is 5.07. The highest BCUT2D eigenvalue weighted by Gasteiger charge is 2.25. The molecule has 0 fully saturated rings. The molecule has 0 saturated heterocycles. The third-order valence-electron chi connectivity index (χ3n) is 3.77. The van der Waals surface area contributed by atoms with E-state index in [1.165, 1.54) is 18.2 Å². The van der Waals surface area contributed by atoms with Crippen LogP contribution >= 0.6 is 0 Å². The average Bonchev–Trinajstić information content (AvgIpc) is 2.40. The van der Waals surface area contributed by atoms with Crippen molar-refractivity contribution in [3.8, 4) is 11.5 Å². The second-order valence-corrected chi connectivity index (χ2v) is 7.13. The van der Waals surface area contributed by atoms with Crippen molar-refractivity contribution < 1.29 is 18.6 Å². The second-order valence-electron chi connectivity index (χ2n) is 5.24. The first-order valence-electron chi connectivity index (χ1n) is 6.50. The summed E-state index contributed by atoms with van der Waals surface area (Å²) < 4.78 is 25.6. The Labute approximate surface area is 124 Å². The Balaban J connectivity index is 2.78. The Hall–Kier alpha value is -2.01. The van der Waals surface area contributed by atoms with Crippen molar-refractivity contribution in [3.05, 3.63) is 46.5 Å². The van der Waals surface area contributed by atoms with E-state index >= 15 is 0 Å². The Morgan fingerprint density at radius 2 is 1.43 bits per heavy atom. The third-order valence-corrected chi connectivity index (χ3v) is 5.79. The molecule has 2 aromatic rings. The Bertz CT molecular complexity index is 797. The number of aromatic hydroxyl groups is 2. The number of hydrogen-bond donors (Lipinski definition) is 2. The normalized spacial score (nSPS) is 11.6. The van der Waals surface area contributed by atoms with Crippen molar-refractivity contribution in [3.63, 3.8) is 0 Å². The van der Waals surface area contributed by atoms with Crippen LogP contribution in [0.15, 0.2) is 34.1 Å². The summed E-state index contributed by atoms with van der Waals surface area (Å²) in [6.45, 7) is 6.72. The average molecular weight is 306 g/mol. The van der Waals surface area contributed by atoms with Crippen LogP contribution in [0, 0.1) is 27.7 Å². The largest absolute Gasteiger partial charge is 0.508 e. The van der Waals surface area contributed by atoms with Gasteiger partial charge in [0.25, 0.3) is 0 Å². The summed E-state index contributed by atoms with van der Waals surface area (Å²) in [5, 5.41) is 19.6. The molecule has 0 aliphatic carbocycles. The summed E-state index contributed by atoms with van der Waals surface area (Å²) in [6.07, 6.45) is 0. The first-order chi connectivity index (χ1) is 9.66. The van der Waals surface area contributed by atoms with E-state index < -0.39 is 9.84 Å². The molecule has 0 atom stereocenters. The minimum atomic E-state index is -3.80. The van der Waals surface area contributed by atoms with Crippen molar-refractivity contribution >= 4 is 9.84 Å². The maximum absolute atomic E-state index is 12.8. The summed E-state index contributed by atoms with van der Waals surface area (Å²) in [5.41, 5.74) is 2.22. The number of aryl methyl sites for hydroxylation is 2. The topological polar surface area (TPSA) is 74.6 Å². The van der Waals surface area contributed by atoms with Gasteiger partial charge in [0.1, 0.15) is 11.5 Å². The van der Waals surface area contributed by atoms with Gasteiger partial charge in [0, 0.05) is 5.56 Å². The monoisotopic (exact) mass is 306 g/mol. The van der Waals surface area contributed by atoms with E-state index in [0.717, 1.165) is 0 Å². The number of rotatable bonds is 2. The van der Waals surface area contributed by atoms with Gasteiger partial charge in [-0.25, -0.2) is 8.42 Å². The molecule has 21 heavy (non-hydrogen) atoms. The zero-order chi connectivity index (χ0) is 15.9. The van der Waals surface area contributed by atoms with E-state index in [4.69, 9.17) is 0 Å². The fourth-order valence-corrected chi connectivity index (χ4v) is 4.15. The molecule has 0 unspecified atom stereocenters. The molecule has 4 nitrogen and oxygen atoms in total. The molecule has 2 N–H and O–H groups in total. The number of hydrogen-bond acceptors (Lipinski definition) is 4. The predicted octanol–water partition coefficient (Wildman–Crippen LogP) is 3.16. The van der Waals surface area contributed by atoms with E-state index in [0.29, 0.717) is 22.3 Å². The summed E-state index contributed by atoms with van der Waals surface area (Å²) in [6, 6.07) is 5.82. The minimum absolute atomic E-state index is 0.0277. The van der Waals surface area contributed by atoms with Gasteiger partial charge in [0.05, 0.1) is 9.79 Å². The Kier molecular flexibility index (Phi) is 3.72. The SMILES string of the molecule is Cc1cc(S(=O)(=O)c2c(C)ccc(O)c2C)cc(O)c1C. The lowest BCUT2D eigenvalue weighted by Gasteiger charge is -2.14. The third kappa shape index (κ3) is 2.49. The van der Waals surface area contributed by atoms with Gasteiger partial charge in [-0.2, -0.15) is 0 Å². The van der Waals surface area contributed by atoms with Gasteiger partial charge in [-0.3, -0.25) is 0 Å². The van der Waals surface area contributed by atoms with Crippen LogP contribution in [0.4, 0.5) is 0 Å². The number of phenolic OH excluding ortho intramolecular Hbond substituents is 2. The van der Waals surface area contributed by atoms with Gasteiger partial charge >= 0.3 is 0 Å². The van der Waals surface area contributed by atoms with E-state index in [2.05, 4.69) is 0 Å². The van der Waals surface area contributed by atoms with Crippen LogP contribution in [0.2, 0.25) is 0 Å². The summed E-state index contributed by atoms with van der Waals surface area (Å²) >= 11 is 0. The lowest BCUT2D eigenvalue weighted by molar-refractivity contribution is 0.467. The molecule has 0 radical (unpaired) electrons. The van der Waals surface area contributed by atoms with Crippen molar-refractivity contribution in [1.29, 1.82) is 0 Å². The molecule has 0 saturated carbocycles. The standard InChI is InChI=1S/C16H18O4S/c1-9-5-6-14(17)12(4)16(9)21(19,20)13-7-10(2)11(3)15(18)8-13/h5-8,17-18H,1-4H3. The molecule has 0 bridgehead atoms. The van der Waals surface area contributed by atoms with Gasteiger partial charge in [0.15, 0.2) is 0 Å². The van der Waals surface area contributed by atoms with Crippen molar-refractivity contribution in [2.45, 2.75) is 37.5 Å². The van der Waals surface area contributed by atoms with E-state index in [1.54, 1.807) is 33.8 Å². The highest BCUT2D eigenvalue weighted by atomic mass is 32.2. The molecule has 2 aromatic carbocycles. The Morgan fingerprint density at radius 3 is 2.00 bits per heavy atom. The van der Waals surface area contributed by atoms with Gasteiger partial charge in [-0.15, -0.1) is 0 Å². The van der Waals surface area contributed by atoms with Gasteiger partial charge in [-0.05, 0) is 62.6 Å². The number of phenols is 2. The molecular weight excluding hydrogens is 288 g/mol. The quantitative estimate of drug-likeness (QED) is 0.893. The zero-order valence-corrected chi connectivity index (χ0v) is 13.2. The maximum Gasteiger partial charge on any atom is 0.207 e. The van der Waals surface area contributed by atoms with Crippen LogP contribution in [-0.2, 0) is 9.84 Å². The van der Waals surface area contributed by atoms with Gasteiger partial charge < -0.3 is 10.2 Å². The van der Waals surface area contributed by atoms with Crippen molar-refractivity contribution in [2.75, 3.05) is 0 Å². The lowest BCUT2D eigenvalue weighted by atomic mass is 10.1. The molecule has 0 heterocycles. The van der Waals surface area contributed by atoms with Gasteiger partial charge in [-0.1, -0.05) is 6.07 Å². The highest BCUT2D eigenvalue weighted by Crippen LogP contribution is 2.34. The maximum atomic E-state index is 12.8. The molecule has 2 rings (SSSR count). The number of benzene rings is 2. The molecule has 0 amide bonds. The molecule has 112 valence electrons. The summed E-state index contributed by atoms with van der Waals surface area (Å²) in [7, 11) is -3.80. The van der Waals surface area contributed by atoms with Crippen LogP contribution < -0.4 is 0 Å². The molecule has 0 aliphatic rings. The predicted molar refractivity (Wildman–Crippen MR) is 80.6 cm³/mol. The molecule has 5 heteroatoms. The fourth-order valence-electron chi connectivity index (χ4n) is 2.31. The van der Waals surface area contributed by atoms with Crippen LogP contribution in [0.5, 0.6) is 11.5 Å². The zero-order valence-electron chi connectivity index (χ0n) is 12.4. The summed E-state index contributed by atoms with van der Waals surface area (Å²) in [4.78, 5) is 0.116. The Morgan fingerprint density at radius 1 is 0.810 bits per heavy atom. The molecule has 0 aromatic heterocycles. The fraction of sp³-hybridized carbons (Fsp3) is 0.250. The van der Waals surface area contributed by atoms with Crippen LogP contribution in [0.25, 0.3) is 0 Å². The van der Waals surface area contributed by atoms with Crippen LogP contribution in [0.3, 0.4) is 0 Å². The van der Waals surface area contributed by atoms with Crippen molar-refractivity contribution in [2.24, 2.45) is 0 Å². The first kappa shape index (κ1) is 15.4. The minimum Gasteiger partial charge on any atom is -0.508 e. The van der Waals surface area contributed by atoms with E-state index in [9.17, 15) is 18.6 Å². The molecule has 0 spiro atoms. The van der Waals surface area contributed by atoms with Crippen molar-refractivity contribution in [1.82, 2.24) is 0 Å². The van der Waals surface area contributed by atoms with Crippen LogP contribution in [0.1, 0.15) is 22.3 Å². The van der Waals surface area contributed by atoms with E-state index in [1.807, 2.05) is 0 Å². The first-order valence-corrected chi connectivity index (χ1v) is 7.99. The molecular formula is C16H18O4S. The van der Waals surface area contributed by atoms with Gasteiger partial charge in [0.2, 0.25) is 9.84 Å². The smallest absolute Gasteiger partial charge is 0.207 e. The van der Waals surface area contributed by atoms with E-state index in [-0.39, 0.29) is 21.3 Å². The molecule has 0 aliphatic heterocycles. The summed E-state index contributed by atoms with van der Waals surface area (Å²) in [5.74, 6) is -0.115.